The summed E-state index contributed by atoms with van der Waals surface area (Å²) in [6.07, 6.45) is 2.45. The Hall–Kier alpha value is -0.860. The minimum atomic E-state index is 0.422. The van der Waals surface area contributed by atoms with Crippen LogP contribution in [-0.4, -0.2) is 20.3 Å². The van der Waals surface area contributed by atoms with Crippen LogP contribution in [0.2, 0.25) is 0 Å². The van der Waals surface area contributed by atoms with Gasteiger partial charge in [-0.05, 0) is 57.4 Å². The summed E-state index contributed by atoms with van der Waals surface area (Å²) in [5, 5.41) is 3.51. The van der Waals surface area contributed by atoms with Crippen molar-refractivity contribution in [1.29, 1.82) is 0 Å². The smallest absolute Gasteiger partial charge is 0.0512 e. The fourth-order valence-electron chi connectivity index (χ4n) is 3.33. The second kappa shape index (κ2) is 5.85. The molecule has 0 radical (unpaired) electrons. The lowest BCUT2D eigenvalue weighted by Crippen LogP contribution is -2.32. The zero-order valence-electron chi connectivity index (χ0n) is 12.0. The molecule has 0 aromatic heterocycles. The Balaban J connectivity index is 2.32. The standard InChI is InChI=1S/C16H25NO/c1-11-8-12(2)15(13(3)9-11)16(17-4)14-6-5-7-18-10-14/h8-9,14,16-17H,5-7,10H2,1-4H3. The molecular formula is C16H25NO. The molecule has 1 aliphatic heterocycles. The highest BCUT2D eigenvalue weighted by atomic mass is 16.5. The topological polar surface area (TPSA) is 21.3 Å². The molecule has 0 aliphatic carbocycles. The molecule has 0 amide bonds. The Morgan fingerprint density at radius 3 is 2.39 bits per heavy atom. The molecule has 2 heteroatoms. The zero-order chi connectivity index (χ0) is 13.1. The van der Waals surface area contributed by atoms with E-state index in [-0.39, 0.29) is 0 Å². The molecule has 2 nitrogen and oxygen atoms in total. The highest BCUT2D eigenvalue weighted by Crippen LogP contribution is 2.32. The second-order valence-corrected chi connectivity index (χ2v) is 5.56. The number of hydrogen-bond acceptors (Lipinski definition) is 2. The quantitative estimate of drug-likeness (QED) is 0.885. The molecule has 0 bridgehead atoms. The van der Waals surface area contributed by atoms with E-state index in [1.807, 2.05) is 0 Å². The van der Waals surface area contributed by atoms with E-state index in [9.17, 15) is 0 Å². The number of rotatable bonds is 3. The third-order valence-corrected chi connectivity index (χ3v) is 4.03. The highest BCUT2D eigenvalue weighted by molar-refractivity contribution is 5.40. The fraction of sp³-hybridized carbons (Fsp3) is 0.625. The van der Waals surface area contributed by atoms with Gasteiger partial charge in [0, 0.05) is 18.6 Å². The van der Waals surface area contributed by atoms with E-state index in [1.54, 1.807) is 0 Å². The van der Waals surface area contributed by atoms with Crippen molar-refractivity contribution >= 4 is 0 Å². The van der Waals surface area contributed by atoms with Gasteiger partial charge < -0.3 is 10.1 Å². The van der Waals surface area contributed by atoms with E-state index in [0.29, 0.717) is 12.0 Å². The average Bonchev–Trinajstić information content (AvgIpc) is 2.34. The normalized spacial score (nSPS) is 21.9. The van der Waals surface area contributed by atoms with Crippen LogP contribution in [0.15, 0.2) is 12.1 Å². The first kappa shape index (κ1) is 13.6. The molecule has 100 valence electrons. The predicted octanol–water partition coefficient (Wildman–Crippen LogP) is 3.30. The highest BCUT2D eigenvalue weighted by Gasteiger charge is 2.26. The SMILES string of the molecule is CNC(c1c(C)cc(C)cc1C)C1CCCOC1. The van der Waals surface area contributed by atoms with E-state index >= 15 is 0 Å². The van der Waals surface area contributed by atoms with Crippen LogP contribution in [0.4, 0.5) is 0 Å². The van der Waals surface area contributed by atoms with E-state index in [1.165, 1.54) is 35.1 Å². The molecule has 2 unspecified atom stereocenters. The molecule has 1 N–H and O–H groups in total. The lowest BCUT2D eigenvalue weighted by atomic mass is 9.84. The number of ether oxygens (including phenoxy) is 1. The maximum Gasteiger partial charge on any atom is 0.0512 e. The molecular weight excluding hydrogens is 222 g/mol. The van der Waals surface area contributed by atoms with Crippen molar-refractivity contribution in [3.63, 3.8) is 0 Å². The van der Waals surface area contributed by atoms with Gasteiger partial charge in [0.15, 0.2) is 0 Å². The molecule has 1 aromatic carbocycles. The van der Waals surface area contributed by atoms with Crippen molar-refractivity contribution in [3.05, 3.63) is 34.4 Å². The van der Waals surface area contributed by atoms with Crippen LogP contribution < -0.4 is 5.32 Å². The number of aryl methyl sites for hydroxylation is 3. The molecule has 1 heterocycles. The van der Waals surface area contributed by atoms with Crippen molar-refractivity contribution in [3.8, 4) is 0 Å². The summed E-state index contributed by atoms with van der Waals surface area (Å²) < 4.78 is 5.65. The van der Waals surface area contributed by atoms with Crippen molar-refractivity contribution < 1.29 is 4.74 Å². The van der Waals surface area contributed by atoms with E-state index in [2.05, 4.69) is 45.3 Å². The van der Waals surface area contributed by atoms with Gasteiger partial charge in [-0.25, -0.2) is 0 Å². The van der Waals surface area contributed by atoms with Crippen molar-refractivity contribution in [1.82, 2.24) is 5.32 Å². The lowest BCUT2D eigenvalue weighted by Gasteiger charge is -2.32. The fourth-order valence-corrected chi connectivity index (χ4v) is 3.33. The van der Waals surface area contributed by atoms with Crippen LogP contribution in [0, 0.1) is 26.7 Å². The summed E-state index contributed by atoms with van der Waals surface area (Å²) in [5.74, 6) is 0.601. The Kier molecular flexibility index (Phi) is 4.41. The second-order valence-electron chi connectivity index (χ2n) is 5.56. The summed E-state index contributed by atoms with van der Waals surface area (Å²) in [6, 6.07) is 5.00. The number of hydrogen-bond donors (Lipinski definition) is 1. The van der Waals surface area contributed by atoms with Gasteiger partial charge >= 0.3 is 0 Å². The Labute approximate surface area is 111 Å². The molecule has 0 saturated carbocycles. The average molecular weight is 247 g/mol. The van der Waals surface area contributed by atoms with Gasteiger partial charge in [-0.15, -0.1) is 0 Å². The van der Waals surface area contributed by atoms with Crippen LogP contribution in [0.25, 0.3) is 0 Å². The Bertz CT molecular complexity index is 385. The molecule has 1 aromatic rings. The van der Waals surface area contributed by atoms with Crippen molar-refractivity contribution in [2.24, 2.45) is 5.92 Å². The van der Waals surface area contributed by atoms with Gasteiger partial charge in [0.05, 0.1) is 6.61 Å². The van der Waals surface area contributed by atoms with Gasteiger partial charge in [-0.1, -0.05) is 17.7 Å². The molecule has 0 spiro atoms. The van der Waals surface area contributed by atoms with Crippen LogP contribution in [-0.2, 0) is 4.74 Å². The van der Waals surface area contributed by atoms with Gasteiger partial charge in [0.25, 0.3) is 0 Å². The van der Waals surface area contributed by atoms with Gasteiger partial charge in [-0.2, -0.15) is 0 Å². The molecule has 1 saturated heterocycles. The summed E-state index contributed by atoms with van der Waals surface area (Å²) in [4.78, 5) is 0. The third-order valence-electron chi connectivity index (χ3n) is 4.03. The molecule has 18 heavy (non-hydrogen) atoms. The lowest BCUT2D eigenvalue weighted by molar-refractivity contribution is 0.0400. The van der Waals surface area contributed by atoms with E-state index < -0.39 is 0 Å². The predicted molar refractivity (Wildman–Crippen MR) is 76.0 cm³/mol. The molecule has 2 atom stereocenters. The molecule has 2 rings (SSSR count). The molecule has 1 fully saturated rings. The molecule has 1 aliphatic rings. The van der Waals surface area contributed by atoms with Gasteiger partial charge in [0.1, 0.15) is 0 Å². The van der Waals surface area contributed by atoms with E-state index in [4.69, 9.17) is 4.74 Å². The maximum absolute atomic E-state index is 5.65. The van der Waals surface area contributed by atoms with Crippen molar-refractivity contribution in [2.75, 3.05) is 20.3 Å². The van der Waals surface area contributed by atoms with Crippen LogP contribution in [0.5, 0.6) is 0 Å². The Morgan fingerprint density at radius 2 is 1.89 bits per heavy atom. The van der Waals surface area contributed by atoms with Gasteiger partial charge in [-0.3, -0.25) is 0 Å². The Morgan fingerprint density at radius 1 is 1.22 bits per heavy atom. The van der Waals surface area contributed by atoms with Crippen LogP contribution in [0.1, 0.15) is 41.1 Å². The third kappa shape index (κ3) is 2.76. The van der Waals surface area contributed by atoms with Crippen LogP contribution >= 0.6 is 0 Å². The first-order valence-corrected chi connectivity index (χ1v) is 6.96. The van der Waals surface area contributed by atoms with Crippen LogP contribution in [0.3, 0.4) is 0 Å². The number of benzene rings is 1. The monoisotopic (exact) mass is 247 g/mol. The first-order chi connectivity index (χ1) is 8.63. The minimum absolute atomic E-state index is 0.422. The zero-order valence-corrected chi connectivity index (χ0v) is 12.0. The summed E-state index contributed by atoms with van der Waals surface area (Å²) >= 11 is 0. The summed E-state index contributed by atoms with van der Waals surface area (Å²) in [6.45, 7) is 8.44. The summed E-state index contributed by atoms with van der Waals surface area (Å²) in [7, 11) is 2.07. The largest absolute Gasteiger partial charge is 0.381 e. The number of nitrogens with one attached hydrogen (secondary N) is 1. The first-order valence-electron chi connectivity index (χ1n) is 6.96. The summed E-state index contributed by atoms with van der Waals surface area (Å²) in [5.41, 5.74) is 5.62. The van der Waals surface area contributed by atoms with E-state index in [0.717, 1.165) is 13.2 Å². The van der Waals surface area contributed by atoms with Gasteiger partial charge in [0.2, 0.25) is 0 Å². The van der Waals surface area contributed by atoms with Crippen molar-refractivity contribution in [2.45, 2.75) is 39.7 Å². The minimum Gasteiger partial charge on any atom is -0.381 e. The maximum atomic E-state index is 5.65.